The number of nitrogens with one attached hydrogen (secondary N) is 1. The molecule has 1 aromatic heterocycles. The number of rotatable bonds is 6. The lowest BCUT2D eigenvalue weighted by molar-refractivity contribution is 0.0725. The van der Waals surface area contributed by atoms with E-state index in [1.165, 1.54) is 18.4 Å². The summed E-state index contributed by atoms with van der Waals surface area (Å²) >= 11 is 0. The molecular weight excluding hydrogens is 226 g/mol. The molecule has 0 bridgehead atoms. The van der Waals surface area contributed by atoms with E-state index in [-0.39, 0.29) is 0 Å². The largest absolute Gasteiger partial charge is 0.377 e. The second-order valence-electron chi connectivity index (χ2n) is 4.76. The molecular formula is C14H23N3O. The van der Waals surface area contributed by atoms with E-state index in [2.05, 4.69) is 34.3 Å². The number of likely N-dealkylation sites (N-methyl/N-ethyl adjacent to an activating group) is 1. The van der Waals surface area contributed by atoms with Gasteiger partial charge in [-0.25, -0.2) is 4.98 Å². The summed E-state index contributed by atoms with van der Waals surface area (Å²) in [6, 6.07) is 4.19. The fraction of sp³-hybridized carbons (Fsp3) is 0.643. The Morgan fingerprint density at radius 1 is 1.56 bits per heavy atom. The molecule has 1 saturated heterocycles. The van der Waals surface area contributed by atoms with Crippen molar-refractivity contribution in [2.24, 2.45) is 0 Å². The van der Waals surface area contributed by atoms with Crippen molar-refractivity contribution in [3.8, 4) is 0 Å². The summed E-state index contributed by atoms with van der Waals surface area (Å²) in [5.41, 5.74) is 1.30. The van der Waals surface area contributed by atoms with Crippen LogP contribution < -0.4 is 5.32 Å². The van der Waals surface area contributed by atoms with E-state index >= 15 is 0 Å². The predicted molar refractivity (Wildman–Crippen MR) is 73.7 cm³/mol. The quantitative estimate of drug-likeness (QED) is 0.838. The minimum Gasteiger partial charge on any atom is -0.377 e. The van der Waals surface area contributed by atoms with E-state index in [0.29, 0.717) is 6.10 Å². The smallest absolute Gasteiger partial charge is 0.125 e. The second-order valence-corrected chi connectivity index (χ2v) is 4.76. The molecule has 1 fully saturated rings. The summed E-state index contributed by atoms with van der Waals surface area (Å²) in [7, 11) is 1.90. The zero-order chi connectivity index (χ0) is 12.8. The van der Waals surface area contributed by atoms with Gasteiger partial charge in [-0.2, -0.15) is 0 Å². The van der Waals surface area contributed by atoms with Crippen LogP contribution in [0.1, 0.15) is 25.3 Å². The van der Waals surface area contributed by atoms with Crippen molar-refractivity contribution >= 4 is 5.82 Å². The highest BCUT2D eigenvalue weighted by molar-refractivity contribution is 5.36. The lowest BCUT2D eigenvalue weighted by Gasteiger charge is -2.23. The van der Waals surface area contributed by atoms with Crippen molar-refractivity contribution < 1.29 is 4.74 Å². The molecule has 4 nitrogen and oxygen atoms in total. The maximum atomic E-state index is 5.70. The SMILES string of the molecule is CCN(Cc1ccnc(NC)c1)CC1CCCO1. The van der Waals surface area contributed by atoms with Crippen LogP contribution in [0.4, 0.5) is 5.82 Å². The van der Waals surface area contributed by atoms with Crippen LogP contribution >= 0.6 is 0 Å². The molecule has 2 heterocycles. The third-order valence-corrected chi connectivity index (χ3v) is 3.42. The Morgan fingerprint density at radius 3 is 3.11 bits per heavy atom. The Kier molecular flexibility index (Phi) is 4.96. The van der Waals surface area contributed by atoms with E-state index in [9.17, 15) is 0 Å². The van der Waals surface area contributed by atoms with Gasteiger partial charge in [0.1, 0.15) is 5.82 Å². The molecule has 0 saturated carbocycles. The van der Waals surface area contributed by atoms with E-state index < -0.39 is 0 Å². The van der Waals surface area contributed by atoms with Crippen LogP contribution in [0.15, 0.2) is 18.3 Å². The molecule has 0 spiro atoms. The van der Waals surface area contributed by atoms with Gasteiger partial charge in [0.25, 0.3) is 0 Å². The van der Waals surface area contributed by atoms with Crippen LogP contribution in [0.5, 0.6) is 0 Å². The van der Waals surface area contributed by atoms with Gasteiger partial charge in [-0.1, -0.05) is 6.92 Å². The van der Waals surface area contributed by atoms with Gasteiger partial charge in [-0.05, 0) is 37.1 Å². The third kappa shape index (κ3) is 3.68. The van der Waals surface area contributed by atoms with Crippen LogP contribution in [0.25, 0.3) is 0 Å². The molecule has 1 N–H and O–H groups in total. The molecule has 0 radical (unpaired) electrons. The number of hydrogen-bond donors (Lipinski definition) is 1. The van der Waals surface area contributed by atoms with Crippen molar-refractivity contribution in [2.45, 2.75) is 32.4 Å². The van der Waals surface area contributed by atoms with E-state index in [1.54, 1.807) is 0 Å². The van der Waals surface area contributed by atoms with Crippen molar-refractivity contribution in [1.29, 1.82) is 0 Å². The molecule has 18 heavy (non-hydrogen) atoms. The third-order valence-electron chi connectivity index (χ3n) is 3.42. The summed E-state index contributed by atoms with van der Waals surface area (Å²) in [6.07, 6.45) is 4.70. The van der Waals surface area contributed by atoms with Crippen LogP contribution in [0, 0.1) is 0 Å². The molecule has 1 aromatic rings. The van der Waals surface area contributed by atoms with Crippen molar-refractivity contribution in [2.75, 3.05) is 32.1 Å². The fourth-order valence-corrected chi connectivity index (χ4v) is 2.35. The van der Waals surface area contributed by atoms with Crippen LogP contribution in [-0.4, -0.2) is 42.7 Å². The van der Waals surface area contributed by atoms with Crippen LogP contribution in [-0.2, 0) is 11.3 Å². The molecule has 100 valence electrons. The summed E-state index contributed by atoms with van der Waals surface area (Å²) < 4.78 is 5.70. The number of pyridine rings is 1. The van der Waals surface area contributed by atoms with Gasteiger partial charge in [-0.15, -0.1) is 0 Å². The zero-order valence-corrected chi connectivity index (χ0v) is 11.4. The van der Waals surface area contributed by atoms with E-state index in [4.69, 9.17) is 4.74 Å². The minimum atomic E-state index is 0.426. The highest BCUT2D eigenvalue weighted by Crippen LogP contribution is 2.15. The van der Waals surface area contributed by atoms with Crippen molar-refractivity contribution in [1.82, 2.24) is 9.88 Å². The van der Waals surface area contributed by atoms with E-state index in [1.807, 2.05) is 13.2 Å². The Labute approximate surface area is 109 Å². The highest BCUT2D eigenvalue weighted by atomic mass is 16.5. The number of aromatic nitrogens is 1. The molecule has 0 aliphatic carbocycles. The first kappa shape index (κ1) is 13.3. The minimum absolute atomic E-state index is 0.426. The van der Waals surface area contributed by atoms with Gasteiger partial charge in [0.2, 0.25) is 0 Å². The van der Waals surface area contributed by atoms with Gasteiger partial charge in [-0.3, -0.25) is 4.90 Å². The lowest BCUT2D eigenvalue weighted by atomic mass is 10.2. The van der Waals surface area contributed by atoms with Crippen LogP contribution in [0.3, 0.4) is 0 Å². The molecule has 1 aliphatic heterocycles. The van der Waals surface area contributed by atoms with Gasteiger partial charge >= 0.3 is 0 Å². The van der Waals surface area contributed by atoms with Gasteiger partial charge < -0.3 is 10.1 Å². The van der Waals surface area contributed by atoms with Crippen LogP contribution in [0.2, 0.25) is 0 Å². The monoisotopic (exact) mass is 249 g/mol. The Morgan fingerprint density at radius 2 is 2.44 bits per heavy atom. The summed E-state index contributed by atoms with van der Waals surface area (Å²) in [5.74, 6) is 0.931. The maximum Gasteiger partial charge on any atom is 0.125 e. The lowest BCUT2D eigenvalue weighted by Crippen LogP contribution is -2.31. The number of hydrogen-bond acceptors (Lipinski definition) is 4. The standard InChI is InChI=1S/C14H23N3O/c1-3-17(11-13-5-4-8-18-13)10-12-6-7-16-14(9-12)15-2/h6-7,9,13H,3-5,8,10-11H2,1-2H3,(H,15,16). The van der Waals surface area contributed by atoms with Gasteiger partial charge in [0.15, 0.2) is 0 Å². The second kappa shape index (κ2) is 6.71. The Hall–Kier alpha value is -1.13. The van der Waals surface area contributed by atoms with Gasteiger partial charge in [0, 0.05) is 32.9 Å². The highest BCUT2D eigenvalue weighted by Gasteiger charge is 2.18. The van der Waals surface area contributed by atoms with Crippen molar-refractivity contribution in [3.05, 3.63) is 23.9 Å². The molecule has 2 rings (SSSR count). The van der Waals surface area contributed by atoms with E-state index in [0.717, 1.165) is 32.1 Å². The summed E-state index contributed by atoms with van der Waals surface area (Å²) in [5, 5.41) is 3.08. The first-order valence-corrected chi connectivity index (χ1v) is 6.78. The molecule has 0 amide bonds. The predicted octanol–water partition coefficient (Wildman–Crippen LogP) is 2.12. The average molecular weight is 249 g/mol. The summed E-state index contributed by atoms with van der Waals surface area (Å²) in [4.78, 5) is 6.68. The van der Waals surface area contributed by atoms with Crippen molar-refractivity contribution in [3.63, 3.8) is 0 Å². The molecule has 1 atom stereocenters. The average Bonchev–Trinajstić information content (AvgIpc) is 2.91. The molecule has 1 unspecified atom stereocenters. The number of anilines is 1. The molecule has 0 aromatic carbocycles. The van der Waals surface area contributed by atoms with Gasteiger partial charge in [0.05, 0.1) is 6.10 Å². The first-order valence-electron chi connectivity index (χ1n) is 6.78. The maximum absolute atomic E-state index is 5.70. The normalized spacial score (nSPS) is 19.4. The zero-order valence-electron chi connectivity index (χ0n) is 11.4. The fourth-order valence-electron chi connectivity index (χ4n) is 2.35. The molecule has 4 heteroatoms. The molecule has 1 aliphatic rings. The number of ether oxygens (including phenoxy) is 1. The topological polar surface area (TPSA) is 37.4 Å². The first-order chi connectivity index (χ1) is 8.81. The Balaban J connectivity index is 1.91. The summed E-state index contributed by atoms with van der Waals surface area (Å²) in [6.45, 7) is 6.19. The Bertz CT molecular complexity index is 364. The number of nitrogens with zero attached hydrogens (tertiary/aromatic N) is 2.